The fraction of sp³-hybridized carbons (Fsp3) is 0.333. The van der Waals surface area contributed by atoms with Crippen LogP contribution in [0.1, 0.15) is 36.0 Å². The summed E-state index contributed by atoms with van der Waals surface area (Å²) in [6.45, 7) is 0. The van der Waals surface area contributed by atoms with Crippen molar-refractivity contribution in [2.45, 2.75) is 31.7 Å². The second kappa shape index (κ2) is 5.29. The number of fused-ring (bicyclic) bond motifs is 1. The van der Waals surface area contributed by atoms with E-state index in [9.17, 15) is 9.59 Å². The Balaban J connectivity index is 1.95. The predicted molar refractivity (Wildman–Crippen MR) is 77.2 cm³/mol. The average Bonchev–Trinajstić information content (AvgIpc) is 2.91. The van der Waals surface area contributed by atoms with Crippen molar-refractivity contribution < 1.29 is 9.21 Å². The van der Waals surface area contributed by atoms with E-state index in [1.165, 1.54) is 6.07 Å². The lowest BCUT2D eigenvalue weighted by molar-refractivity contribution is 0.0934. The monoisotopic (exact) mass is 291 g/mol. The van der Waals surface area contributed by atoms with Crippen molar-refractivity contribution in [3.05, 3.63) is 45.3 Å². The van der Waals surface area contributed by atoms with E-state index in [-0.39, 0.29) is 17.5 Å². The number of benzene rings is 1. The number of nitrogens with one attached hydrogen (secondary N) is 1. The van der Waals surface area contributed by atoms with Crippen LogP contribution in [0.15, 0.2) is 33.5 Å². The molecule has 1 saturated carbocycles. The van der Waals surface area contributed by atoms with Gasteiger partial charge in [0.05, 0.1) is 0 Å². The highest BCUT2D eigenvalue weighted by atomic mass is 35.5. The molecule has 0 radical (unpaired) electrons. The summed E-state index contributed by atoms with van der Waals surface area (Å²) in [7, 11) is 0. The molecule has 1 amide bonds. The van der Waals surface area contributed by atoms with Crippen LogP contribution in [0.2, 0.25) is 5.02 Å². The van der Waals surface area contributed by atoms with E-state index >= 15 is 0 Å². The first-order valence-corrected chi connectivity index (χ1v) is 7.05. The first-order valence-electron chi connectivity index (χ1n) is 6.68. The van der Waals surface area contributed by atoms with E-state index in [1.54, 1.807) is 18.2 Å². The Hall–Kier alpha value is -1.81. The topological polar surface area (TPSA) is 59.3 Å². The molecule has 104 valence electrons. The number of halogens is 1. The molecule has 0 spiro atoms. The van der Waals surface area contributed by atoms with Crippen molar-refractivity contribution in [2.75, 3.05) is 0 Å². The molecule has 0 saturated heterocycles. The molecule has 0 atom stereocenters. The molecule has 1 aromatic heterocycles. The first kappa shape index (κ1) is 13.2. The number of hydrogen-bond acceptors (Lipinski definition) is 3. The van der Waals surface area contributed by atoms with Crippen LogP contribution in [0.25, 0.3) is 11.0 Å². The molecule has 0 unspecified atom stereocenters. The molecule has 1 aliphatic rings. The molecule has 1 aromatic carbocycles. The van der Waals surface area contributed by atoms with Gasteiger partial charge in [0.25, 0.3) is 5.91 Å². The van der Waals surface area contributed by atoms with Gasteiger partial charge in [-0.15, -0.1) is 0 Å². The largest absolute Gasteiger partial charge is 0.422 e. The van der Waals surface area contributed by atoms with E-state index in [2.05, 4.69) is 5.32 Å². The lowest BCUT2D eigenvalue weighted by Gasteiger charge is -2.11. The Morgan fingerprint density at radius 2 is 2.00 bits per heavy atom. The van der Waals surface area contributed by atoms with Crippen LogP contribution in [0.5, 0.6) is 0 Å². The second-order valence-electron chi connectivity index (χ2n) is 5.08. The van der Waals surface area contributed by atoms with Crippen LogP contribution >= 0.6 is 11.6 Å². The molecular weight excluding hydrogens is 278 g/mol. The lowest BCUT2D eigenvalue weighted by Crippen LogP contribution is -2.35. The summed E-state index contributed by atoms with van der Waals surface area (Å²) in [5.74, 6) is -0.368. The Morgan fingerprint density at radius 1 is 1.25 bits per heavy atom. The standard InChI is InChI=1S/C15H14ClNO3/c16-10-5-6-13-9(7-10)8-12(15(19)20-13)14(18)17-11-3-1-2-4-11/h5-8,11H,1-4H2,(H,17,18). The van der Waals surface area contributed by atoms with Gasteiger partial charge in [0, 0.05) is 16.5 Å². The van der Waals surface area contributed by atoms with Crippen molar-refractivity contribution >= 4 is 28.5 Å². The number of carbonyl (C=O) groups excluding carboxylic acids is 1. The summed E-state index contributed by atoms with van der Waals surface area (Å²) in [6, 6.07) is 6.64. The summed E-state index contributed by atoms with van der Waals surface area (Å²) in [5.41, 5.74) is -0.154. The lowest BCUT2D eigenvalue weighted by atomic mass is 10.1. The fourth-order valence-corrected chi connectivity index (χ4v) is 2.77. The van der Waals surface area contributed by atoms with Gasteiger partial charge < -0.3 is 9.73 Å². The smallest absolute Gasteiger partial charge is 0.349 e. The minimum Gasteiger partial charge on any atom is -0.422 e. The van der Waals surface area contributed by atoms with Crippen LogP contribution in [0, 0.1) is 0 Å². The Labute approximate surface area is 120 Å². The Morgan fingerprint density at radius 3 is 2.75 bits per heavy atom. The maximum absolute atomic E-state index is 12.1. The van der Waals surface area contributed by atoms with Gasteiger partial charge in [-0.05, 0) is 37.1 Å². The molecule has 1 fully saturated rings. The third-order valence-electron chi connectivity index (χ3n) is 3.63. The van der Waals surface area contributed by atoms with Crippen molar-refractivity contribution in [3.63, 3.8) is 0 Å². The molecule has 2 aromatic rings. The zero-order valence-electron chi connectivity index (χ0n) is 10.8. The van der Waals surface area contributed by atoms with E-state index in [1.807, 2.05) is 0 Å². The van der Waals surface area contributed by atoms with E-state index in [4.69, 9.17) is 16.0 Å². The highest BCUT2D eigenvalue weighted by Gasteiger charge is 2.20. The summed E-state index contributed by atoms with van der Waals surface area (Å²) in [5, 5.41) is 4.07. The molecule has 1 N–H and O–H groups in total. The number of rotatable bonds is 2. The predicted octanol–water partition coefficient (Wildman–Crippen LogP) is 3.12. The summed E-state index contributed by atoms with van der Waals surface area (Å²) in [6.07, 6.45) is 4.17. The molecule has 0 aliphatic heterocycles. The minimum atomic E-state index is -0.615. The van der Waals surface area contributed by atoms with Gasteiger partial charge in [0.2, 0.25) is 0 Å². The number of hydrogen-bond donors (Lipinski definition) is 1. The van der Waals surface area contributed by atoms with Gasteiger partial charge in [0.15, 0.2) is 0 Å². The first-order chi connectivity index (χ1) is 9.63. The third-order valence-corrected chi connectivity index (χ3v) is 3.86. The normalized spacial score (nSPS) is 15.7. The van der Waals surface area contributed by atoms with Crippen molar-refractivity contribution in [3.8, 4) is 0 Å². The molecule has 20 heavy (non-hydrogen) atoms. The SMILES string of the molecule is O=C(NC1CCCC1)c1cc2cc(Cl)ccc2oc1=O. The number of amides is 1. The van der Waals surface area contributed by atoms with Crippen LogP contribution in [-0.4, -0.2) is 11.9 Å². The van der Waals surface area contributed by atoms with Crippen LogP contribution in [0.3, 0.4) is 0 Å². The minimum absolute atomic E-state index is 0.0340. The van der Waals surface area contributed by atoms with E-state index < -0.39 is 5.63 Å². The summed E-state index contributed by atoms with van der Waals surface area (Å²) in [4.78, 5) is 24.0. The van der Waals surface area contributed by atoms with Gasteiger partial charge >= 0.3 is 5.63 Å². The molecule has 5 heteroatoms. The molecule has 1 aliphatic carbocycles. The third kappa shape index (κ3) is 2.56. The summed E-state index contributed by atoms with van der Waals surface area (Å²) >= 11 is 5.91. The fourth-order valence-electron chi connectivity index (χ4n) is 2.59. The molecule has 1 heterocycles. The highest BCUT2D eigenvalue weighted by Crippen LogP contribution is 2.20. The van der Waals surface area contributed by atoms with Gasteiger partial charge in [-0.2, -0.15) is 0 Å². The summed E-state index contributed by atoms with van der Waals surface area (Å²) < 4.78 is 5.16. The molecular formula is C15H14ClNO3. The van der Waals surface area contributed by atoms with Crippen molar-refractivity contribution in [1.29, 1.82) is 0 Å². The zero-order valence-corrected chi connectivity index (χ0v) is 11.6. The molecule has 0 bridgehead atoms. The maximum atomic E-state index is 12.1. The molecule has 3 rings (SSSR count). The van der Waals surface area contributed by atoms with Crippen LogP contribution < -0.4 is 10.9 Å². The van der Waals surface area contributed by atoms with Gasteiger partial charge in [-0.25, -0.2) is 4.79 Å². The van der Waals surface area contributed by atoms with Gasteiger partial charge in [-0.1, -0.05) is 24.4 Å². The maximum Gasteiger partial charge on any atom is 0.349 e. The van der Waals surface area contributed by atoms with Gasteiger partial charge in [-0.3, -0.25) is 4.79 Å². The van der Waals surface area contributed by atoms with Crippen LogP contribution in [0.4, 0.5) is 0 Å². The quantitative estimate of drug-likeness (QED) is 0.865. The zero-order chi connectivity index (χ0) is 14.1. The Bertz CT molecular complexity index is 717. The van der Waals surface area contributed by atoms with Crippen molar-refractivity contribution in [2.24, 2.45) is 0 Å². The second-order valence-corrected chi connectivity index (χ2v) is 5.52. The van der Waals surface area contributed by atoms with Gasteiger partial charge in [0.1, 0.15) is 11.1 Å². The van der Waals surface area contributed by atoms with E-state index in [0.717, 1.165) is 25.7 Å². The Kier molecular flexibility index (Phi) is 3.49. The van der Waals surface area contributed by atoms with Crippen molar-refractivity contribution in [1.82, 2.24) is 5.32 Å². The highest BCUT2D eigenvalue weighted by molar-refractivity contribution is 6.31. The molecule has 4 nitrogen and oxygen atoms in total. The average molecular weight is 292 g/mol. The van der Waals surface area contributed by atoms with Crippen LogP contribution in [-0.2, 0) is 0 Å². The van der Waals surface area contributed by atoms with E-state index in [0.29, 0.717) is 16.0 Å². The number of carbonyl (C=O) groups is 1.